The van der Waals surface area contributed by atoms with Crippen LogP contribution in [0.1, 0.15) is 12.5 Å². The predicted molar refractivity (Wildman–Crippen MR) is 99.7 cm³/mol. The van der Waals surface area contributed by atoms with Crippen molar-refractivity contribution in [1.29, 1.82) is 0 Å². The average molecular weight is 421 g/mol. The van der Waals surface area contributed by atoms with E-state index in [1.807, 2.05) is 0 Å². The smallest absolute Gasteiger partial charge is 0.159 e. The molecule has 0 radical (unpaired) electrons. The number of halogens is 6. The van der Waals surface area contributed by atoms with Crippen molar-refractivity contribution >= 4 is 16.9 Å². The van der Waals surface area contributed by atoms with E-state index in [-0.39, 0.29) is 5.57 Å². The zero-order valence-corrected chi connectivity index (χ0v) is 15.4. The number of hydrogen-bond donors (Lipinski definition) is 0. The minimum absolute atomic E-state index is 0.110. The van der Waals surface area contributed by atoms with E-state index in [9.17, 15) is 26.3 Å². The summed E-state index contributed by atoms with van der Waals surface area (Å²) in [5.74, 6) is -6.13. The third-order valence-electron chi connectivity index (χ3n) is 4.02. The Morgan fingerprint density at radius 2 is 1.13 bits per heavy atom. The lowest BCUT2D eigenvalue weighted by Crippen LogP contribution is -2.12. The first-order chi connectivity index (χ1) is 14.3. The number of hydrogen-bond acceptors (Lipinski definition) is 2. The van der Waals surface area contributed by atoms with Crippen LogP contribution in [0.4, 0.5) is 37.7 Å². The zero-order chi connectivity index (χ0) is 21.8. The molecular formula is C21H13F6N3. The van der Waals surface area contributed by atoms with Gasteiger partial charge in [-0.1, -0.05) is 23.4 Å². The fraction of sp³-hybridized carbons (Fsp3) is 0.0476. The van der Waals surface area contributed by atoms with Gasteiger partial charge in [-0.25, -0.2) is 31.4 Å². The normalized spacial score (nSPS) is 11.9. The summed E-state index contributed by atoms with van der Waals surface area (Å²) in [6.07, 6.45) is 0.894. The molecule has 3 rings (SSSR count). The van der Waals surface area contributed by atoms with Crippen molar-refractivity contribution in [2.24, 2.45) is 10.3 Å². The highest BCUT2D eigenvalue weighted by atomic mass is 19.2. The van der Waals surface area contributed by atoms with Gasteiger partial charge >= 0.3 is 0 Å². The summed E-state index contributed by atoms with van der Waals surface area (Å²) in [6, 6.07) is 9.00. The second-order valence-corrected chi connectivity index (χ2v) is 6.08. The van der Waals surface area contributed by atoms with Crippen LogP contribution in [0.3, 0.4) is 0 Å². The van der Waals surface area contributed by atoms with Crippen molar-refractivity contribution in [2.75, 3.05) is 5.01 Å². The summed E-state index contributed by atoms with van der Waals surface area (Å²) in [5.41, 5.74) is -2.14. The van der Waals surface area contributed by atoms with E-state index in [2.05, 4.69) is 10.3 Å². The van der Waals surface area contributed by atoms with Gasteiger partial charge in [0.05, 0.1) is 5.56 Å². The van der Waals surface area contributed by atoms with Crippen molar-refractivity contribution in [2.45, 2.75) is 6.92 Å². The average Bonchev–Trinajstić information content (AvgIpc) is 2.67. The Morgan fingerprint density at radius 3 is 1.63 bits per heavy atom. The first kappa shape index (κ1) is 21.1. The molecule has 3 aromatic carbocycles. The van der Waals surface area contributed by atoms with E-state index in [0.29, 0.717) is 5.01 Å². The van der Waals surface area contributed by atoms with Crippen LogP contribution in [0.5, 0.6) is 0 Å². The van der Waals surface area contributed by atoms with Gasteiger partial charge in [0, 0.05) is 6.20 Å². The number of benzene rings is 3. The molecule has 3 aromatic rings. The van der Waals surface area contributed by atoms with Crippen LogP contribution < -0.4 is 5.01 Å². The number of para-hydroxylation sites is 1. The molecule has 0 bridgehead atoms. The Bertz CT molecular complexity index is 1080. The summed E-state index contributed by atoms with van der Waals surface area (Å²) < 4.78 is 84.4. The van der Waals surface area contributed by atoms with Crippen LogP contribution >= 0.6 is 0 Å². The standard InChI is InChI=1S/C21H13F6N3/c1-12(19-13(22)5-2-6-14(19)23)11-30(21-17(26)9-4-10-18(21)27)29-28-20-15(24)7-3-8-16(20)25/h2-11H,1H3/b12-11+,29-28+. The maximum Gasteiger partial charge on any atom is 0.159 e. The summed E-state index contributed by atoms with van der Waals surface area (Å²) in [4.78, 5) is 0. The Balaban J connectivity index is 2.15. The molecule has 9 heteroatoms. The molecule has 0 atom stereocenters. The molecule has 0 amide bonds. The second-order valence-electron chi connectivity index (χ2n) is 6.08. The Morgan fingerprint density at radius 1 is 0.700 bits per heavy atom. The third kappa shape index (κ3) is 4.35. The molecule has 0 aromatic heterocycles. The molecule has 0 spiro atoms. The summed E-state index contributed by atoms with van der Waals surface area (Å²) >= 11 is 0. The lowest BCUT2D eigenvalue weighted by Gasteiger charge is -2.17. The van der Waals surface area contributed by atoms with E-state index < -0.39 is 51.8 Å². The molecule has 0 N–H and O–H groups in total. The molecule has 3 nitrogen and oxygen atoms in total. The lowest BCUT2D eigenvalue weighted by molar-refractivity contribution is 0.574. The molecule has 0 heterocycles. The van der Waals surface area contributed by atoms with Gasteiger partial charge in [0.2, 0.25) is 0 Å². The van der Waals surface area contributed by atoms with Gasteiger partial charge in [-0.15, -0.1) is 5.11 Å². The first-order valence-electron chi connectivity index (χ1n) is 8.51. The molecule has 0 saturated heterocycles. The van der Waals surface area contributed by atoms with E-state index >= 15 is 0 Å². The predicted octanol–water partition coefficient (Wildman–Crippen LogP) is 7.09. The number of nitrogens with zero attached hydrogens (tertiary/aromatic N) is 3. The SMILES string of the molecule is C/C(=C\N(/N=N/c1c(F)cccc1F)c1c(F)cccc1F)c1c(F)cccc1F. The van der Waals surface area contributed by atoms with E-state index in [1.54, 1.807) is 0 Å². The Kier molecular flexibility index (Phi) is 6.20. The highest BCUT2D eigenvalue weighted by molar-refractivity contribution is 5.68. The summed E-state index contributed by atoms with van der Waals surface area (Å²) in [5, 5.41) is 7.41. The van der Waals surface area contributed by atoms with Crippen LogP contribution in [0.15, 0.2) is 71.1 Å². The third-order valence-corrected chi connectivity index (χ3v) is 4.02. The molecule has 0 aliphatic rings. The van der Waals surface area contributed by atoms with Crippen LogP contribution in [0, 0.1) is 34.9 Å². The van der Waals surface area contributed by atoms with E-state index in [1.165, 1.54) is 6.92 Å². The van der Waals surface area contributed by atoms with E-state index in [0.717, 1.165) is 60.8 Å². The molecule has 0 aliphatic heterocycles. The number of rotatable bonds is 5. The van der Waals surface area contributed by atoms with Gasteiger partial charge < -0.3 is 0 Å². The Labute approximate surface area is 167 Å². The van der Waals surface area contributed by atoms with Crippen LogP contribution in [-0.2, 0) is 0 Å². The summed E-state index contributed by atoms with van der Waals surface area (Å²) in [7, 11) is 0. The maximum absolute atomic E-state index is 14.3. The quantitative estimate of drug-likeness (QED) is 0.246. The zero-order valence-electron chi connectivity index (χ0n) is 15.4. The van der Waals surface area contributed by atoms with Gasteiger partial charge in [0.25, 0.3) is 0 Å². The van der Waals surface area contributed by atoms with Gasteiger partial charge in [-0.3, -0.25) is 0 Å². The number of allylic oxidation sites excluding steroid dienone is 1. The fourth-order valence-electron chi connectivity index (χ4n) is 2.64. The van der Waals surface area contributed by atoms with Gasteiger partial charge in [-0.05, 0) is 48.9 Å². The van der Waals surface area contributed by atoms with Gasteiger partial charge in [-0.2, -0.15) is 0 Å². The highest BCUT2D eigenvalue weighted by Crippen LogP contribution is 2.30. The van der Waals surface area contributed by atoms with Crippen molar-refractivity contribution in [3.05, 3.63) is 101 Å². The van der Waals surface area contributed by atoms with Gasteiger partial charge in [0.15, 0.2) is 29.0 Å². The van der Waals surface area contributed by atoms with Crippen molar-refractivity contribution < 1.29 is 26.3 Å². The monoisotopic (exact) mass is 421 g/mol. The summed E-state index contributed by atoms with van der Waals surface area (Å²) in [6.45, 7) is 1.27. The molecule has 0 fully saturated rings. The molecule has 0 saturated carbocycles. The maximum atomic E-state index is 14.3. The first-order valence-corrected chi connectivity index (χ1v) is 8.51. The van der Waals surface area contributed by atoms with Crippen molar-refractivity contribution in [3.63, 3.8) is 0 Å². The van der Waals surface area contributed by atoms with Crippen molar-refractivity contribution in [1.82, 2.24) is 0 Å². The molecule has 0 unspecified atom stereocenters. The van der Waals surface area contributed by atoms with Gasteiger partial charge in [0.1, 0.15) is 17.3 Å². The topological polar surface area (TPSA) is 28.0 Å². The van der Waals surface area contributed by atoms with Crippen LogP contribution in [0.2, 0.25) is 0 Å². The minimum Gasteiger partial charge on any atom is -0.216 e. The fourth-order valence-corrected chi connectivity index (χ4v) is 2.64. The highest BCUT2D eigenvalue weighted by Gasteiger charge is 2.18. The second kappa shape index (κ2) is 8.81. The van der Waals surface area contributed by atoms with Crippen LogP contribution in [0.25, 0.3) is 5.57 Å². The molecular weight excluding hydrogens is 408 g/mol. The largest absolute Gasteiger partial charge is 0.216 e. The molecule has 154 valence electrons. The van der Waals surface area contributed by atoms with E-state index in [4.69, 9.17) is 0 Å². The number of anilines is 1. The Hall–Kier alpha value is -3.62. The lowest BCUT2D eigenvalue weighted by atomic mass is 10.1. The molecule has 0 aliphatic carbocycles. The molecule has 30 heavy (non-hydrogen) atoms. The van der Waals surface area contributed by atoms with Crippen molar-refractivity contribution in [3.8, 4) is 0 Å². The van der Waals surface area contributed by atoms with Crippen LogP contribution in [-0.4, -0.2) is 0 Å². The minimum atomic E-state index is -1.08.